The Balaban J connectivity index is 1.36. The van der Waals surface area contributed by atoms with Crippen LogP contribution < -0.4 is 10.2 Å². The standard InChI is InChI=1S/C25H23BrClN3O4S/c26-22-15-19(8-13-24(22)34-17-18-5-2-1-3-6-18)16-28-29-25(31)23-7-4-14-30(23)35(32,33)21-11-9-20(27)10-12-21/h1-3,5-6,8-13,15-16,23H,4,7,14,17H2,(H,29,31)/b28-16-/t23-/m1/s1. The van der Waals surface area contributed by atoms with Gasteiger partial charge in [-0.2, -0.15) is 9.41 Å². The lowest BCUT2D eigenvalue weighted by Crippen LogP contribution is -2.44. The van der Waals surface area contributed by atoms with Crippen molar-refractivity contribution in [1.29, 1.82) is 0 Å². The summed E-state index contributed by atoms with van der Waals surface area (Å²) in [4.78, 5) is 12.8. The molecule has 1 aliphatic rings. The number of ether oxygens (including phenoxy) is 1. The number of hydrazone groups is 1. The quantitative estimate of drug-likeness (QED) is 0.303. The third kappa shape index (κ3) is 6.29. The van der Waals surface area contributed by atoms with Gasteiger partial charge in [-0.1, -0.05) is 41.9 Å². The first-order valence-corrected chi connectivity index (χ1v) is 13.5. The summed E-state index contributed by atoms with van der Waals surface area (Å²) in [5.74, 6) is 0.210. The minimum absolute atomic E-state index is 0.101. The minimum Gasteiger partial charge on any atom is -0.488 e. The molecule has 1 aliphatic heterocycles. The van der Waals surface area contributed by atoms with E-state index < -0.39 is 22.0 Å². The van der Waals surface area contributed by atoms with Crippen molar-refractivity contribution >= 4 is 49.7 Å². The van der Waals surface area contributed by atoms with E-state index in [0.29, 0.717) is 30.2 Å². The lowest BCUT2D eigenvalue weighted by molar-refractivity contribution is -0.124. The van der Waals surface area contributed by atoms with E-state index in [1.54, 1.807) is 0 Å². The van der Waals surface area contributed by atoms with Gasteiger partial charge in [0.05, 0.1) is 15.6 Å². The van der Waals surface area contributed by atoms with Crippen LogP contribution in [0.4, 0.5) is 0 Å². The summed E-state index contributed by atoms with van der Waals surface area (Å²) in [6.07, 6.45) is 2.51. The van der Waals surface area contributed by atoms with Crippen LogP contribution in [0.25, 0.3) is 0 Å². The summed E-state index contributed by atoms with van der Waals surface area (Å²) < 4.78 is 33.8. The van der Waals surface area contributed by atoms with Gasteiger partial charge in [0.25, 0.3) is 5.91 Å². The molecular weight excluding hydrogens is 554 g/mol. The number of hydrogen-bond acceptors (Lipinski definition) is 5. The lowest BCUT2D eigenvalue weighted by atomic mass is 10.2. The summed E-state index contributed by atoms with van der Waals surface area (Å²) in [5.41, 5.74) is 4.27. The van der Waals surface area contributed by atoms with E-state index in [1.807, 2.05) is 48.5 Å². The number of carbonyl (C=O) groups is 1. The van der Waals surface area contributed by atoms with E-state index in [0.717, 1.165) is 15.6 Å². The third-order valence-electron chi connectivity index (χ3n) is 5.51. The normalized spacial score (nSPS) is 16.5. The first kappa shape index (κ1) is 25.4. The molecule has 0 bridgehead atoms. The van der Waals surface area contributed by atoms with Gasteiger partial charge >= 0.3 is 0 Å². The molecule has 0 spiro atoms. The Kier molecular flexibility index (Phi) is 8.22. The maximum absolute atomic E-state index is 13.0. The summed E-state index contributed by atoms with van der Waals surface area (Å²) in [5, 5.41) is 4.47. The topological polar surface area (TPSA) is 88.1 Å². The van der Waals surface area contributed by atoms with Crippen molar-refractivity contribution in [2.75, 3.05) is 6.54 Å². The number of nitrogens with one attached hydrogen (secondary N) is 1. The van der Waals surface area contributed by atoms with Gasteiger partial charge in [-0.25, -0.2) is 13.8 Å². The molecular formula is C25H23BrClN3O4S. The molecule has 1 N–H and O–H groups in total. The number of hydrogen-bond donors (Lipinski definition) is 1. The minimum atomic E-state index is -3.82. The second-order valence-corrected chi connectivity index (χ2v) is 11.1. The summed E-state index contributed by atoms with van der Waals surface area (Å²) in [7, 11) is -3.82. The van der Waals surface area contributed by atoms with Crippen LogP contribution in [-0.4, -0.2) is 37.4 Å². The largest absolute Gasteiger partial charge is 0.488 e. The number of benzene rings is 3. The van der Waals surface area contributed by atoms with Crippen LogP contribution >= 0.6 is 27.5 Å². The number of rotatable bonds is 8. The van der Waals surface area contributed by atoms with Crippen molar-refractivity contribution in [3.63, 3.8) is 0 Å². The summed E-state index contributed by atoms with van der Waals surface area (Å²) in [6.45, 7) is 0.712. The van der Waals surface area contributed by atoms with Crippen LogP contribution in [0.2, 0.25) is 5.02 Å². The molecule has 1 amide bonds. The average Bonchev–Trinajstić information content (AvgIpc) is 3.36. The molecule has 1 heterocycles. The Labute approximate surface area is 217 Å². The highest BCUT2D eigenvalue weighted by molar-refractivity contribution is 9.10. The molecule has 3 aromatic carbocycles. The molecule has 0 aromatic heterocycles. The monoisotopic (exact) mass is 575 g/mol. The van der Waals surface area contributed by atoms with Crippen LogP contribution in [0, 0.1) is 0 Å². The Hall–Kier alpha value is -2.72. The first-order chi connectivity index (χ1) is 16.8. The van der Waals surface area contributed by atoms with Crippen LogP contribution in [0.5, 0.6) is 5.75 Å². The van der Waals surface area contributed by atoms with Gasteiger partial charge in [0, 0.05) is 11.6 Å². The molecule has 10 heteroatoms. The van der Waals surface area contributed by atoms with Gasteiger partial charge < -0.3 is 4.74 Å². The average molecular weight is 577 g/mol. The van der Waals surface area contributed by atoms with E-state index in [-0.39, 0.29) is 11.4 Å². The molecule has 7 nitrogen and oxygen atoms in total. The van der Waals surface area contributed by atoms with Crippen LogP contribution in [0.3, 0.4) is 0 Å². The van der Waals surface area contributed by atoms with E-state index in [9.17, 15) is 13.2 Å². The molecule has 1 fully saturated rings. The molecule has 182 valence electrons. The maximum atomic E-state index is 13.0. The number of sulfonamides is 1. The number of nitrogens with zero attached hydrogens (tertiary/aromatic N) is 2. The van der Waals surface area contributed by atoms with Crippen molar-refractivity contribution in [3.8, 4) is 5.75 Å². The van der Waals surface area contributed by atoms with Gasteiger partial charge in [-0.3, -0.25) is 4.79 Å². The molecule has 1 atom stereocenters. The van der Waals surface area contributed by atoms with Crippen LogP contribution in [0.15, 0.2) is 87.3 Å². The fourth-order valence-electron chi connectivity index (χ4n) is 3.73. The molecule has 0 radical (unpaired) electrons. The van der Waals surface area contributed by atoms with Gasteiger partial charge in [0.1, 0.15) is 18.4 Å². The highest BCUT2D eigenvalue weighted by Crippen LogP contribution is 2.28. The van der Waals surface area contributed by atoms with Crippen LogP contribution in [-0.2, 0) is 21.4 Å². The van der Waals surface area contributed by atoms with Crippen molar-refractivity contribution < 1.29 is 17.9 Å². The molecule has 0 saturated carbocycles. The van der Waals surface area contributed by atoms with Gasteiger partial charge in [-0.05, 0) is 82.4 Å². The predicted molar refractivity (Wildman–Crippen MR) is 139 cm³/mol. The number of amides is 1. The first-order valence-electron chi connectivity index (χ1n) is 10.9. The maximum Gasteiger partial charge on any atom is 0.258 e. The summed E-state index contributed by atoms with van der Waals surface area (Å²) >= 11 is 9.37. The third-order valence-corrected chi connectivity index (χ3v) is 8.30. The van der Waals surface area contributed by atoms with Crippen molar-refractivity contribution in [2.24, 2.45) is 5.10 Å². The lowest BCUT2D eigenvalue weighted by Gasteiger charge is -2.22. The Morgan fingerprint density at radius 1 is 1.14 bits per heavy atom. The molecule has 1 saturated heterocycles. The molecule has 0 unspecified atom stereocenters. The Morgan fingerprint density at radius 2 is 1.89 bits per heavy atom. The molecule has 35 heavy (non-hydrogen) atoms. The van der Waals surface area contributed by atoms with E-state index in [4.69, 9.17) is 16.3 Å². The highest BCUT2D eigenvalue weighted by atomic mass is 79.9. The van der Waals surface area contributed by atoms with Crippen LogP contribution in [0.1, 0.15) is 24.0 Å². The van der Waals surface area contributed by atoms with Gasteiger partial charge in [0.2, 0.25) is 10.0 Å². The van der Waals surface area contributed by atoms with E-state index >= 15 is 0 Å². The van der Waals surface area contributed by atoms with Crippen molar-refractivity contribution in [1.82, 2.24) is 9.73 Å². The zero-order chi connectivity index (χ0) is 24.8. The van der Waals surface area contributed by atoms with Crippen molar-refractivity contribution in [3.05, 3.63) is 93.4 Å². The highest BCUT2D eigenvalue weighted by Gasteiger charge is 2.39. The van der Waals surface area contributed by atoms with E-state index in [1.165, 1.54) is 34.8 Å². The fraction of sp³-hybridized carbons (Fsp3) is 0.200. The zero-order valence-electron chi connectivity index (χ0n) is 18.6. The van der Waals surface area contributed by atoms with E-state index in [2.05, 4.69) is 26.5 Å². The molecule has 3 aromatic rings. The second kappa shape index (κ2) is 11.3. The Morgan fingerprint density at radius 3 is 2.60 bits per heavy atom. The number of carbonyl (C=O) groups excluding carboxylic acids is 1. The smallest absolute Gasteiger partial charge is 0.258 e. The van der Waals surface area contributed by atoms with Gasteiger partial charge in [0.15, 0.2) is 0 Å². The zero-order valence-corrected chi connectivity index (χ0v) is 21.8. The number of halogens is 2. The predicted octanol–water partition coefficient (Wildman–Crippen LogP) is 4.98. The Bertz CT molecular complexity index is 1320. The van der Waals surface area contributed by atoms with Crippen molar-refractivity contribution in [2.45, 2.75) is 30.4 Å². The fourth-order valence-corrected chi connectivity index (χ4v) is 6.02. The molecule has 4 rings (SSSR count). The SMILES string of the molecule is O=C(N/N=C\c1ccc(OCc2ccccc2)c(Br)c1)[C@H]1CCCN1S(=O)(=O)c1ccc(Cl)cc1. The van der Waals surface area contributed by atoms with Gasteiger partial charge in [-0.15, -0.1) is 0 Å². The second-order valence-electron chi connectivity index (χ2n) is 7.93. The molecule has 0 aliphatic carbocycles. The summed E-state index contributed by atoms with van der Waals surface area (Å²) in [6, 6.07) is 20.4.